The van der Waals surface area contributed by atoms with Crippen LogP contribution in [-0.4, -0.2) is 47.1 Å². The molecule has 20 heavy (non-hydrogen) atoms. The number of aliphatic hydroxyl groups excluding tert-OH is 1. The third-order valence-electron chi connectivity index (χ3n) is 2.81. The molecule has 1 heterocycles. The zero-order chi connectivity index (χ0) is 15.1. The van der Waals surface area contributed by atoms with E-state index < -0.39 is 6.10 Å². The van der Waals surface area contributed by atoms with E-state index in [4.69, 9.17) is 0 Å². The molecule has 2 amide bonds. The fraction of sp³-hybridized carbons (Fsp3) is 0.571. The molecule has 0 aromatic carbocycles. The third-order valence-corrected chi connectivity index (χ3v) is 3.50. The molecule has 1 aromatic rings. The summed E-state index contributed by atoms with van der Waals surface area (Å²) in [5.41, 5.74) is 0.618. The van der Waals surface area contributed by atoms with Crippen LogP contribution in [0.25, 0.3) is 0 Å². The predicted molar refractivity (Wildman–Crippen MR) is 79.8 cm³/mol. The van der Waals surface area contributed by atoms with E-state index in [0.29, 0.717) is 18.7 Å². The van der Waals surface area contributed by atoms with E-state index in [9.17, 15) is 14.7 Å². The molecule has 1 rings (SSSR count). The number of thiophene rings is 1. The van der Waals surface area contributed by atoms with Gasteiger partial charge in [0.25, 0.3) is 5.91 Å². The fourth-order valence-corrected chi connectivity index (χ4v) is 2.44. The van der Waals surface area contributed by atoms with E-state index in [0.717, 1.165) is 0 Å². The van der Waals surface area contributed by atoms with Crippen LogP contribution in [0.4, 0.5) is 0 Å². The Balaban J connectivity index is 2.39. The maximum Gasteiger partial charge on any atom is 0.252 e. The summed E-state index contributed by atoms with van der Waals surface area (Å²) in [6, 6.07) is 1.78. The normalized spacial score (nSPS) is 12.2. The minimum Gasteiger partial charge on any atom is -0.392 e. The molecule has 0 aliphatic carbocycles. The molecule has 0 saturated carbocycles. The number of nitrogens with one attached hydrogen (secondary N) is 1. The number of rotatable bonds is 7. The highest BCUT2D eigenvalue weighted by molar-refractivity contribution is 7.08. The molecule has 0 spiro atoms. The van der Waals surface area contributed by atoms with Crippen molar-refractivity contribution in [1.82, 2.24) is 10.2 Å². The molecule has 112 valence electrons. The fourth-order valence-electron chi connectivity index (χ4n) is 1.81. The number of hydrogen-bond acceptors (Lipinski definition) is 4. The van der Waals surface area contributed by atoms with Gasteiger partial charge in [-0.25, -0.2) is 0 Å². The Hall–Kier alpha value is -1.40. The summed E-state index contributed by atoms with van der Waals surface area (Å²) >= 11 is 1.46. The molecular formula is C14H22N2O3S. The highest BCUT2D eigenvalue weighted by atomic mass is 32.1. The summed E-state index contributed by atoms with van der Waals surface area (Å²) in [5.74, 6) is -0.225. The Labute approximate surface area is 123 Å². The Morgan fingerprint density at radius 2 is 2.10 bits per heavy atom. The van der Waals surface area contributed by atoms with Gasteiger partial charge < -0.3 is 15.3 Å². The first kappa shape index (κ1) is 16.7. The van der Waals surface area contributed by atoms with Crippen molar-refractivity contribution in [2.45, 2.75) is 39.3 Å². The van der Waals surface area contributed by atoms with Crippen LogP contribution in [0.5, 0.6) is 0 Å². The number of amides is 2. The molecule has 0 aliphatic heterocycles. The Morgan fingerprint density at radius 1 is 1.40 bits per heavy atom. The van der Waals surface area contributed by atoms with Gasteiger partial charge in [0, 0.05) is 36.5 Å². The van der Waals surface area contributed by atoms with E-state index in [1.807, 2.05) is 19.2 Å². The first-order valence-electron chi connectivity index (χ1n) is 6.69. The summed E-state index contributed by atoms with van der Waals surface area (Å²) in [6.45, 7) is 6.08. The molecule has 1 aromatic heterocycles. The van der Waals surface area contributed by atoms with Gasteiger partial charge in [-0.15, -0.1) is 0 Å². The Kier molecular flexibility index (Phi) is 6.67. The van der Waals surface area contributed by atoms with Crippen molar-refractivity contribution in [3.8, 4) is 0 Å². The minimum absolute atomic E-state index is 0.0321. The second-order valence-electron chi connectivity index (χ2n) is 5.01. The van der Waals surface area contributed by atoms with Crippen LogP contribution in [0.3, 0.4) is 0 Å². The van der Waals surface area contributed by atoms with Crippen LogP contribution >= 0.6 is 11.3 Å². The Morgan fingerprint density at radius 3 is 2.60 bits per heavy atom. The van der Waals surface area contributed by atoms with Crippen molar-refractivity contribution < 1.29 is 14.7 Å². The highest BCUT2D eigenvalue weighted by Gasteiger charge is 2.18. The van der Waals surface area contributed by atoms with Crippen molar-refractivity contribution in [2.24, 2.45) is 0 Å². The number of nitrogens with zero attached hydrogens (tertiary/aromatic N) is 1. The third kappa shape index (κ3) is 5.30. The number of hydrogen-bond donors (Lipinski definition) is 2. The van der Waals surface area contributed by atoms with Crippen LogP contribution in [0.15, 0.2) is 16.8 Å². The van der Waals surface area contributed by atoms with Gasteiger partial charge in [0.1, 0.15) is 0 Å². The van der Waals surface area contributed by atoms with Crippen molar-refractivity contribution in [3.63, 3.8) is 0 Å². The van der Waals surface area contributed by atoms with E-state index in [1.54, 1.807) is 23.3 Å². The Bertz CT molecular complexity index is 430. The van der Waals surface area contributed by atoms with Crippen LogP contribution in [0, 0.1) is 0 Å². The average molecular weight is 298 g/mol. The lowest BCUT2D eigenvalue weighted by Crippen LogP contribution is -2.42. The van der Waals surface area contributed by atoms with E-state index in [-0.39, 0.29) is 24.3 Å². The molecule has 0 saturated heterocycles. The summed E-state index contributed by atoms with van der Waals surface area (Å²) in [5, 5.41) is 15.7. The summed E-state index contributed by atoms with van der Waals surface area (Å²) < 4.78 is 0. The van der Waals surface area contributed by atoms with Crippen LogP contribution in [0.2, 0.25) is 0 Å². The topological polar surface area (TPSA) is 69.6 Å². The van der Waals surface area contributed by atoms with Gasteiger partial charge in [-0.3, -0.25) is 9.59 Å². The SMILES string of the molecule is CC(O)CN(C(=O)CCNC(=O)c1ccsc1)C(C)C. The van der Waals surface area contributed by atoms with Gasteiger partial charge in [-0.2, -0.15) is 11.3 Å². The standard InChI is InChI=1S/C14H22N2O3S/c1-10(2)16(8-11(3)17)13(18)4-6-15-14(19)12-5-7-20-9-12/h5,7,9-11,17H,4,6,8H2,1-3H3,(H,15,19). The van der Waals surface area contributed by atoms with Gasteiger partial charge in [0.05, 0.1) is 6.10 Å². The maximum absolute atomic E-state index is 12.1. The number of carbonyl (C=O) groups excluding carboxylic acids is 2. The summed E-state index contributed by atoms with van der Waals surface area (Å²) in [6.07, 6.45) is -0.317. The first-order valence-corrected chi connectivity index (χ1v) is 7.64. The molecule has 0 aliphatic rings. The van der Waals surface area contributed by atoms with Crippen molar-refractivity contribution in [2.75, 3.05) is 13.1 Å². The van der Waals surface area contributed by atoms with E-state index in [2.05, 4.69) is 5.32 Å². The predicted octanol–water partition coefficient (Wildman–Crippen LogP) is 1.49. The lowest BCUT2D eigenvalue weighted by atomic mass is 10.2. The summed E-state index contributed by atoms with van der Waals surface area (Å²) in [7, 11) is 0. The molecule has 0 fully saturated rings. The molecule has 0 radical (unpaired) electrons. The van der Waals surface area contributed by atoms with Gasteiger partial charge in [-0.1, -0.05) is 0 Å². The van der Waals surface area contributed by atoms with Gasteiger partial charge >= 0.3 is 0 Å². The first-order chi connectivity index (χ1) is 9.41. The second-order valence-corrected chi connectivity index (χ2v) is 5.79. The molecule has 0 bridgehead atoms. The second kappa shape index (κ2) is 8.01. The van der Waals surface area contributed by atoms with Gasteiger partial charge in [0.15, 0.2) is 0 Å². The molecule has 2 N–H and O–H groups in total. The van der Waals surface area contributed by atoms with Crippen molar-refractivity contribution >= 4 is 23.2 Å². The molecule has 6 heteroatoms. The van der Waals surface area contributed by atoms with Gasteiger partial charge in [0.2, 0.25) is 5.91 Å². The maximum atomic E-state index is 12.1. The smallest absolute Gasteiger partial charge is 0.252 e. The van der Waals surface area contributed by atoms with Gasteiger partial charge in [-0.05, 0) is 32.2 Å². The molecule has 1 atom stereocenters. The van der Waals surface area contributed by atoms with Crippen LogP contribution in [0.1, 0.15) is 37.6 Å². The lowest BCUT2D eigenvalue weighted by molar-refractivity contribution is -0.134. The van der Waals surface area contributed by atoms with Crippen molar-refractivity contribution in [3.05, 3.63) is 22.4 Å². The molecule has 5 nitrogen and oxygen atoms in total. The zero-order valence-corrected chi connectivity index (χ0v) is 12.9. The monoisotopic (exact) mass is 298 g/mol. The quantitative estimate of drug-likeness (QED) is 0.801. The summed E-state index contributed by atoms with van der Waals surface area (Å²) in [4.78, 5) is 25.4. The molecular weight excluding hydrogens is 276 g/mol. The largest absolute Gasteiger partial charge is 0.392 e. The highest BCUT2D eigenvalue weighted by Crippen LogP contribution is 2.06. The average Bonchev–Trinajstić information content (AvgIpc) is 2.88. The van der Waals surface area contributed by atoms with Crippen molar-refractivity contribution in [1.29, 1.82) is 0 Å². The lowest BCUT2D eigenvalue weighted by Gasteiger charge is -2.28. The van der Waals surface area contributed by atoms with E-state index >= 15 is 0 Å². The minimum atomic E-state index is -0.554. The number of aliphatic hydroxyl groups is 1. The van der Waals surface area contributed by atoms with E-state index in [1.165, 1.54) is 11.3 Å². The van der Waals surface area contributed by atoms with Crippen LogP contribution < -0.4 is 5.32 Å². The molecule has 1 unspecified atom stereocenters. The van der Waals surface area contributed by atoms with Crippen LogP contribution in [-0.2, 0) is 4.79 Å². The number of carbonyl (C=O) groups is 2. The zero-order valence-electron chi connectivity index (χ0n) is 12.1.